The molecule has 2 nitrogen and oxygen atoms in total. The lowest BCUT2D eigenvalue weighted by Crippen LogP contribution is -2.19. The summed E-state index contributed by atoms with van der Waals surface area (Å²) < 4.78 is 6.26. The number of rotatable bonds is 6. The number of hydrogen-bond acceptors (Lipinski definition) is 2. The molecule has 118 valence electrons. The van der Waals surface area contributed by atoms with Crippen LogP contribution in [0, 0.1) is 6.92 Å². The highest BCUT2D eigenvalue weighted by Crippen LogP contribution is 2.27. The lowest BCUT2D eigenvalue weighted by molar-refractivity contribution is 0.182. The Labute approximate surface area is 130 Å². The zero-order valence-electron chi connectivity index (χ0n) is 14.0. The van der Waals surface area contributed by atoms with E-state index in [0.29, 0.717) is 12.1 Å². The molecule has 2 rings (SSSR count). The predicted octanol–water partition coefficient (Wildman–Crippen LogP) is 5.16. The van der Waals surface area contributed by atoms with Gasteiger partial charge in [-0.25, -0.2) is 0 Å². The predicted molar refractivity (Wildman–Crippen MR) is 90.0 cm³/mol. The molecule has 1 N–H and O–H groups in total. The van der Waals surface area contributed by atoms with Crippen LogP contribution in [0.4, 0.5) is 0 Å². The summed E-state index contributed by atoms with van der Waals surface area (Å²) in [6.07, 6.45) is 9.42. The van der Waals surface area contributed by atoms with Gasteiger partial charge in [-0.2, -0.15) is 0 Å². The SMILES string of the molecule is CCCNC(C)c1ccc(OC2CCCCCC2)c(C)c1. The van der Waals surface area contributed by atoms with Crippen LogP contribution in [0.15, 0.2) is 18.2 Å². The zero-order chi connectivity index (χ0) is 15.1. The quantitative estimate of drug-likeness (QED) is 0.731. The van der Waals surface area contributed by atoms with Gasteiger partial charge in [0.2, 0.25) is 0 Å². The van der Waals surface area contributed by atoms with E-state index in [9.17, 15) is 0 Å². The van der Waals surface area contributed by atoms with Gasteiger partial charge in [-0.05, 0) is 69.7 Å². The minimum atomic E-state index is 0.413. The van der Waals surface area contributed by atoms with Crippen molar-refractivity contribution in [2.75, 3.05) is 6.54 Å². The second kappa shape index (κ2) is 8.43. The molecule has 0 radical (unpaired) electrons. The van der Waals surface area contributed by atoms with Crippen molar-refractivity contribution in [3.05, 3.63) is 29.3 Å². The molecular formula is C19H31NO. The van der Waals surface area contributed by atoms with Gasteiger partial charge in [0.15, 0.2) is 0 Å². The van der Waals surface area contributed by atoms with Gasteiger partial charge in [-0.1, -0.05) is 31.9 Å². The van der Waals surface area contributed by atoms with Gasteiger partial charge in [-0.3, -0.25) is 0 Å². The molecule has 1 unspecified atom stereocenters. The fourth-order valence-electron chi connectivity index (χ4n) is 3.09. The summed E-state index contributed by atoms with van der Waals surface area (Å²) >= 11 is 0. The summed E-state index contributed by atoms with van der Waals surface area (Å²) in [4.78, 5) is 0. The van der Waals surface area contributed by atoms with E-state index in [1.54, 1.807) is 0 Å². The van der Waals surface area contributed by atoms with E-state index in [4.69, 9.17) is 4.74 Å². The second-order valence-electron chi connectivity index (χ2n) is 6.43. The molecule has 0 amide bonds. The average molecular weight is 289 g/mol. The topological polar surface area (TPSA) is 21.3 Å². The summed E-state index contributed by atoms with van der Waals surface area (Å²) in [7, 11) is 0. The van der Waals surface area contributed by atoms with Crippen LogP contribution in [0.2, 0.25) is 0 Å². The molecule has 21 heavy (non-hydrogen) atoms. The molecule has 1 aromatic carbocycles. The van der Waals surface area contributed by atoms with Crippen LogP contribution >= 0.6 is 0 Å². The van der Waals surface area contributed by atoms with Crippen LogP contribution in [-0.2, 0) is 0 Å². The molecule has 1 aliphatic carbocycles. The van der Waals surface area contributed by atoms with Gasteiger partial charge >= 0.3 is 0 Å². The van der Waals surface area contributed by atoms with Crippen molar-refractivity contribution in [2.24, 2.45) is 0 Å². The lowest BCUT2D eigenvalue weighted by atomic mass is 10.0. The standard InChI is InChI=1S/C19H31NO/c1-4-13-20-16(3)17-11-12-19(15(2)14-17)21-18-9-7-5-6-8-10-18/h11-12,14,16,18,20H,4-10,13H2,1-3H3. The van der Waals surface area contributed by atoms with Crippen molar-refractivity contribution in [1.29, 1.82) is 0 Å². The van der Waals surface area contributed by atoms with Crippen LogP contribution in [-0.4, -0.2) is 12.6 Å². The third-order valence-electron chi connectivity index (χ3n) is 4.50. The molecule has 0 bridgehead atoms. The maximum absolute atomic E-state index is 6.26. The Morgan fingerprint density at radius 3 is 2.52 bits per heavy atom. The van der Waals surface area contributed by atoms with E-state index in [1.807, 2.05) is 0 Å². The third-order valence-corrected chi connectivity index (χ3v) is 4.50. The molecule has 0 aromatic heterocycles. The van der Waals surface area contributed by atoms with Crippen molar-refractivity contribution >= 4 is 0 Å². The third kappa shape index (κ3) is 5.03. The number of ether oxygens (including phenoxy) is 1. The average Bonchev–Trinajstić information content (AvgIpc) is 2.75. The summed E-state index contributed by atoms with van der Waals surface area (Å²) in [5.41, 5.74) is 2.62. The summed E-state index contributed by atoms with van der Waals surface area (Å²) in [6, 6.07) is 7.07. The van der Waals surface area contributed by atoms with Crippen molar-refractivity contribution < 1.29 is 4.74 Å². The fraction of sp³-hybridized carbons (Fsp3) is 0.684. The first-order valence-electron chi connectivity index (χ1n) is 8.71. The first-order valence-corrected chi connectivity index (χ1v) is 8.71. The smallest absolute Gasteiger partial charge is 0.122 e. The van der Waals surface area contributed by atoms with Crippen molar-refractivity contribution in [2.45, 2.75) is 77.9 Å². The minimum absolute atomic E-state index is 0.413. The Bertz CT molecular complexity index is 422. The largest absolute Gasteiger partial charge is 0.490 e. The molecule has 0 heterocycles. The van der Waals surface area contributed by atoms with Crippen LogP contribution in [0.1, 0.15) is 76.0 Å². The van der Waals surface area contributed by atoms with E-state index >= 15 is 0 Å². The van der Waals surface area contributed by atoms with Crippen LogP contribution < -0.4 is 10.1 Å². The number of nitrogens with one attached hydrogen (secondary N) is 1. The first kappa shape index (κ1) is 16.4. The molecule has 0 saturated heterocycles. The highest BCUT2D eigenvalue weighted by atomic mass is 16.5. The van der Waals surface area contributed by atoms with Crippen molar-refractivity contribution in [3.63, 3.8) is 0 Å². The molecule has 1 aliphatic rings. The van der Waals surface area contributed by atoms with Crippen LogP contribution in [0.3, 0.4) is 0 Å². The number of benzene rings is 1. The molecule has 1 atom stereocenters. The highest BCUT2D eigenvalue weighted by molar-refractivity contribution is 5.37. The van der Waals surface area contributed by atoms with Gasteiger partial charge in [0.25, 0.3) is 0 Å². The number of aryl methyl sites for hydroxylation is 1. The van der Waals surface area contributed by atoms with Crippen molar-refractivity contribution in [1.82, 2.24) is 5.32 Å². The Hall–Kier alpha value is -1.02. The maximum Gasteiger partial charge on any atom is 0.122 e. The summed E-state index contributed by atoms with van der Waals surface area (Å²) in [5, 5.41) is 3.54. The lowest BCUT2D eigenvalue weighted by Gasteiger charge is -2.20. The van der Waals surface area contributed by atoms with Gasteiger partial charge in [0, 0.05) is 6.04 Å². The molecule has 2 heteroatoms. The Balaban J connectivity index is 1.97. The van der Waals surface area contributed by atoms with E-state index in [1.165, 1.54) is 56.1 Å². The molecule has 1 fully saturated rings. The normalized spacial score (nSPS) is 18.2. The van der Waals surface area contributed by atoms with Gasteiger partial charge in [0.1, 0.15) is 5.75 Å². The van der Waals surface area contributed by atoms with Gasteiger partial charge < -0.3 is 10.1 Å². The van der Waals surface area contributed by atoms with Crippen LogP contribution in [0.5, 0.6) is 5.75 Å². The monoisotopic (exact) mass is 289 g/mol. The summed E-state index contributed by atoms with van der Waals surface area (Å²) in [6.45, 7) is 7.67. The molecule has 0 aliphatic heterocycles. The Morgan fingerprint density at radius 1 is 1.19 bits per heavy atom. The van der Waals surface area contributed by atoms with Crippen molar-refractivity contribution in [3.8, 4) is 5.75 Å². The maximum atomic E-state index is 6.26. The minimum Gasteiger partial charge on any atom is -0.490 e. The molecular weight excluding hydrogens is 258 g/mol. The Kier molecular flexibility index (Phi) is 6.56. The van der Waals surface area contributed by atoms with E-state index in [0.717, 1.165) is 12.3 Å². The van der Waals surface area contributed by atoms with E-state index in [-0.39, 0.29) is 0 Å². The molecule has 0 spiro atoms. The van der Waals surface area contributed by atoms with Crippen LogP contribution in [0.25, 0.3) is 0 Å². The van der Waals surface area contributed by atoms with E-state index in [2.05, 4.69) is 44.3 Å². The van der Waals surface area contributed by atoms with Gasteiger partial charge in [0.05, 0.1) is 6.10 Å². The zero-order valence-corrected chi connectivity index (χ0v) is 14.0. The molecule has 1 saturated carbocycles. The van der Waals surface area contributed by atoms with E-state index < -0.39 is 0 Å². The second-order valence-corrected chi connectivity index (χ2v) is 6.43. The fourth-order valence-corrected chi connectivity index (χ4v) is 3.09. The number of hydrogen-bond donors (Lipinski definition) is 1. The Morgan fingerprint density at radius 2 is 1.90 bits per heavy atom. The molecule has 1 aromatic rings. The summed E-state index contributed by atoms with van der Waals surface area (Å²) in [5.74, 6) is 1.08. The highest BCUT2D eigenvalue weighted by Gasteiger charge is 2.15. The van der Waals surface area contributed by atoms with Gasteiger partial charge in [-0.15, -0.1) is 0 Å². The first-order chi connectivity index (χ1) is 10.2.